The lowest BCUT2D eigenvalue weighted by Gasteiger charge is -2.34. The van der Waals surface area contributed by atoms with Crippen LogP contribution in [0.25, 0.3) is 5.69 Å². The lowest BCUT2D eigenvalue weighted by atomic mass is 10.1. The standard InChI is InChI=1S/C21H17F4N5O2/c22-15-6-8-16(9-7-15)30-18(21(23,24)25)17(26-27-30)20(32)29-12-10-28(11-13-29)19(31)14-4-2-1-3-5-14/h1-9H,10-13H2. The van der Waals surface area contributed by atoms with Gasteiger partial charge in [-0.2, -0.15) is 13.2 Å². The maximum absolute atomic E-state index is 13.8. The molecule has 1 aliphatic rings. The van der Waals surface area contributed by atoms with Crippen molar-refractivity contribution in [1.29, 1.82) is 0 Å². The molecule has 0 N–H and O–H groups in total. The molecule has 0 unspecified atom stereocenters. The van der Waals surface area contributed by atoms with Crippen LogP contribution in [0.3, 0.4) is 0 Å². The molecule has 0 spiro atoms. The van der Waals surface area contributed by atoms with Gasteiger partial charge in [-0.05, 0) is 36.4 Å². The molecular weight excluding hydrogens is 430 g/mol. The van der Waals surface area contributed by atoms with Crippen LogP contribution in [0.5, 0.6) is 0 Å². The fraction of sp³-hybridized carbons (Fsp3) is 0.238. The van der Waals surface area contributed by atoms with Crippen LogP contribution in [0, 0.1) is 5.82 Å². The fourth-order valence-electron chi connectivity index (χ4n) is 3.47. The molecule has 1 aromatic heterocycles. The van der Waals surface area contributed by atoms with Crippen molar-refractivity contribution < 1.29 is 27.2 Å². The molecule has 0 aliphatic carbocycles. The molecule has 2 amide bonds. The predicted molar refractivity (Wildman–Crippen MR) is 105 cm³/mol. The minimum atomic E-state index is -4.92. The monoisotopic (exact) mass is 447 g/mol. The van der Waals surface area contributed by atoms with Crippen molar-refractivity contribution in [2.75, 3.05) is 26.2 Å². The van der Waals surface area contributed by atoms with Crippen LogP contribution in [0.2, 0.25) is 0 Å². The number of halogens is 4. The topological polar surface area (TPSA) is 71.3 Å². The first-order valence-corrected chi connectivity index (χ1v) is 9.68. The van der Waals surface area contributed by atoms with Gasteiger partial charge in [-0.1, -0.05) is 23.4 Å². The third-order valence-electron chi connectivity index (χ3n) is 5.09. The van der Waals surface area contributed by atoms with Crippen molar-refractivity contribution in [3.05, 3.63) is 77.4 Å². The summed E-state index contributed by atoms with van der Waals surface area (Å²) < 4.78 is 55.0. The summed E-state index contributed by atoms with van der Waals surface area (Å²) >= 11 is 0. The zero-order chi connectivity index (χ0) is 22.9. The maximum atomic E-state index is 13.8. The van der Waals surface area contributed by atoms with Crippen LogP contribution in [0.4, 0.5) is 17.6 Å². The largest absolute Gasteiger partial charge is 0.435 e. The number of hydrogen-bond acceptors (Lipinski definition) is 4. The van der Waals surface area contributed by atoms with Crippen LogP contribution in [-0.2, 0) is 6.18 Å². The van der Waals surface area contributed by atoms with Crippen molar-refractivity contribution in [2.24, 2.45) is 0 Å². The summed E-state index contributed by atoms with van der Waals surface area (Å²) in [5.74, 6) is -1.77. The van der Waals surface area contributed by atoms with Gasteiger partial charge in [0.05, 0.1) is 5.69 Å². The van der Waals surface area contributed by atoms with E-state index in [-0.39, 0.29) is 37.8 Å². The Balaban J connectivity index is 1.54. The van der Waals surface area contributed by atoms with E-state index < -0.39 is 29.3 Å². The number of aromatic nitrogens is 3. The Bertz CT molecular complexity index is 1120. The van der Waals surface area contributed by atoms with E-state index in [2.05, 4.69) is 10.3 Å². The summed E-state index contributed by atoms with van der Waals surface area (Å²) in [6.07, 6.45) is -4.92. The van der Waals surface area contributed by atoms with Gasteiger partial charge in [0, 0.05) is 31.7 Å². The first-order chi connectivity index (χ1) is 15.3. The van der Waals surface area contributed by atoms with Crippen LogP contribution >= 0.6 is 0 Å². The molecule has 2 aromatic carbocycles. The molecule has 4 rings (SSSR count). The number of piperazine rings is 1. The number of carbonyl (C=O) groups is 2. The second-order valence-corrected chi connectivity index (χ2v) is 7.12. The van der Waals surface area contributed by atoms with E-state index in [4.69, 9.17) is 0 Å². The highest BCUT2D eigenvalue weighted by Crippen LogP contribution is 2.33. The molecule has 1 fully saturated rings. The summed E-state index contributed by atoms with van der Waals surface area (Å²) in [6.45, 7) is 0.454. The molecule has 3 aromatic rings. The quantitative estimate of drug-likeness (QED) is 0.579. The highest BCUT2D eigenvalue weighted by atomic mass is 19.4. The van der Waals surface area contributed by atoms with Gasteiger partial charge in [0.1, 0.15) is 5.82 Å². The average molecular weight is 447 g/mol. The minimum Gasteiger partial charge on any atom is -0.335 e. The van der Waals surface area contributed by atoms with E-state index >= 15 is 0 Å². The zero-order valence-electron chi connectivity index (χ0n) is 16.6. The van der Waals surface area contributed by atoms with E-state index in [1.807, 2.05) is 0 Å². The molecule has 7 nitrogen and oxygen atoms in total. The van der Waals surface area contributed by atoms with E-state index in [1.54, 1.807) is 35.2 Å². The first kappa shape index (κ1) is 21.5. The molecule has 0 bridgehead atoms. The Morgan fingerprint density at radius 2 is 1.38 bits per heavy atom. The fourth-order valence-corrected chi connectivity index (χ4v) is 3.47. The van der Waals surface area contributed by atoms with Crippen molar-refractivity contribution >= 4 is 11.8 Å². The normalized spacial score (nSPS) is 14.5. The van der Waals surface area contributed by atoms with Crippen molar-refractivity contribution in [2.45, 2.75) is 6.18 Å². The third kappa shape index (κ3) is 4.18. The van der Waals surface area contributed by atoms with E-state index in [0.29, 0.717) is 10.2 Å². The summed E-state index contributed by atoms with van der Waals surface area (Å²) in [4.78, 5) is 28.1. The van der Waals surface area contributed by atoms with Crippen LogP contribution in [0.1, 0.15) is 26.5 Å². The zero-order valence-corrected chi connectivity index (χ0v) is 16.6. The average Bonchev–Trinajstić information content (AvgIpc) is 3.25. The molecule has 0 saturated carbocycles. The highest BCUT2D eigenvalue weighted by Gasteiger charge is 2.43. The second-order valence-electron chi connectivity index (χ2n) is 7.12. The predicted octanol–water partition coefficient (Wildman–Crippen LogP) is 3.02. The first-order valence-electron chi connectivity index (χ1n) is 9.68. The Morgan fingerprint density at radius 1 is 0.812 bits per heavy atom. The Hall–Kier alpha value is -3.76. The van der Waals surface area contributed by atoms with E-state index in [9.17, 15) is 27.2 Å². The highest BCUT2D eigenvalue weighted by molar-refractivity contribution is 5.95. The van der Waals surface area contributed by atoms with Gasteiger partial charge >= 0.3 is 6.18 Å². The molecule has 166 valence electrons. The molecule has 32 heavy (non-hydrogen) atoms. The number of carbonyl (C=O) groups excluding carboxylic acids is 2. The van der Waals surface area contributed by atoms with Crippen LogP contribution in [0.15, 0.2) is 54.6 Å². The Kier molecular flexibility index (Phi) is 5.64. The summed E-state index contributed by atoms with van der Waals surface area (Å²) in [5.41, 5.74) is -1.76. The van der Waals surface area contributed by atoms with Crippen LogP contribution < -0.4 is 0 Å². The number of hydrogen-bond donors (Lipinski definition) is 0. The van der Waals surface area contributed by atoms with Crippen molar-refractivity contribution in [3.8, 4) is 5.69 Å². The lowest BCUT2D eigenvalue weighted by Crippen LogP contribution is -2.51. The minimum absolute atomic E-state index is 0.0537. The van der Waals surface area contributed by atoms with Gasteiger partial charge in [0.25, 0.3) is 11.8 Å². The third-order valence-corrected chi connectivity index (χ3v) is 5.09. The maximum Gasteiger partial charge on any atom is 0.435 e. The van der Waals surface area contributed by atoms with Gasteiger partial charge in [-0.15, -0.1) is 5.10 Å². The van der Waals surface area contributed by atoms with Gasteiger partial charge in [-0.25, -0.2) is 9.07 Å². The number of alkyl halides is 3. The second kappa shape index (κ2) is 8.40. The molecule has 1 saturated heterocycles. The van der Waals surface area contributed by atoms with Gasteiger partial charge in [0.15, 0.2) is 11.4 Å². The SMILES string of the molecule is O=C(c1ccccc1)N1CCN(C(=O)c2nnn(-c3ccc(F)cc3)c2C(F)(F)F)CC1. The molecule has 2 heterocycles. The summed E-state index contributed by atoms with van der Waals surface area (Å²) in [7, 11) is 0. The van der Waals surface area contributed by atoms with E-state index in [0.717, 1.165) is 24.3 Å². The number of benzene rings is 2. The molecular formula is C21H17F4N5O2. The molecule has 11 heteroatoms. The lowest BCUT2D eigenvalue weighted by molar-refractivity contribution is -0.143. The molecule has 0 atom stereocenters. The smallest absolute Gasteiger partial charge is 0.335 e. The summed E-state index contributed by atoms with van der Waals surface area (Å²) in [6, 6.07) is 12.8. The number of nitrogens with zero attached hydrogens (tertiary/aromatic N) is 5. The number of rotatable bonds is 3. The van der Waals surface area contributed by atoms with Crippen LogP contribution in [-0.4, -0.2) is 62.8 Å². The van der Waals surface area contributed by atoms with E-state index in [1.165, 1.54) is 4.90 Å². The van der Waals surface area contributed by atoms with Crippen molar-refractivity contribution in [3.63, 3.8) is 0 Å². The Morgan fingerprint density at radius 3 is 1.94 bits per heavy atom. The summed E-state index contributed by atoms with van der Waals surface area (Å²) in [5, 5.41) is 6.98. The van der Waals surface area contributed by atoms with Gasteiger partial charge in [-0.3, -0.25) is 9.59 Å². The Labute approximate surface area is 179 Å². The van der Waals surface area contributed by atoms with Gasteiger partial charge < -0.3 is 9.80 Å². The molecule has 0 radical (unpaired) electrons. The number of amides is 2. The van der Waals surface area contributed by atoms with Gasteiger partial charge in [0.2, 0.25) is 0 Å². The molecule has 1 aliphatic heterocycles. The van der Waals surface area contributed by atoms with Crippen molar-refractivity contribution in [1.82, 2.24) is 24.8 Å².